The molecule has 3 N–H and O–H groups in total. The number of thioether (sulfide) groups is 1. The number of rotatable bonds is 6. The van der Waals surface area contributed by atoms with E-state index in [4.69, 9.17) is 5.84 Å². The highest BCUT2D eigenvalue weighted by atomic mass is 32.2. The lowest BCUT2D eigenvalue weighted by molar-refractivity contribution is -0.120. The van der Waals surface area contributed by atoms with Crippen molar-refractivity contribution in [2.75, 3.05) is 5.84 Å². The van der Waals surface area contributed by atoms with Crippen LogP contribution in [0.25, 0.3) is 11.4 Å². The van der Waals surface area contributed by atoms with Gasteiger partial charge in [0.05, 0.1) is 11.3 Å². The standard InChI is InChI=1S/C20H22FN5OS/c1-12-4-6-16(7-5-12)18-24-25-20(26(18)22)28-14(3)19(27)23-13(2)15-8-10-17(21)11-9-15/h4-11,13-14H,22H2,1-3H3,(H,23,27). The molecule has 8 heteroatoms. The van der Waals surface area contributed by atoms with Gasteiger partial charge >= 0.3 is 0 Å². The second kappa shape index (κ2) is 8.43. The molecular weight excluding hydrogens is 377 g/mol. The zero-order valence-corrected chi connectivity index (χ0v) is 16.7. The summed E-state index contributed by atoms with van der Waals surface area (Å²) in [6.45, 7) is 5.63. The van der Waals surface area contributed by atoms with Crippen LogP contribution >= 0.6 is 11.8 Å². The molecule has 0 radical (unpaired) electrons. The number of aromatic nitrogens is 3. The zero-order chi connectivity index (χ0) is 20.3. The van der Waals surface area contributed by atoms with Gasteiger partial charge in [0.1, 0.15) is 5.82 Å². The number of nitrogens with one attached hydrogen (secondary N) is 1. The average molecular weight is 399 g/mol. The quantitative estimate of drug-likeness (QED) is 0.490. The van der Waals surface area contributed by atoms with Crippen molar-refractivity contribution in [2.45, 2.75) is 37.2 Å². The smallest absolute Gasteiger partial charge is 0.233 e. The van der Waals surface area contributed by atoms with Gasteiger partial charge in [0.15, 0.2) is 5.82 Å². The molecule has 2 unspecified atom stereocenters. The number of nitrogens with two attached hydrogens (primary N) is 1. The summed E-state index contributed by atoms with van der Waals surface area (Å²) < 4.78 is 14.4. The van der Waals surface area contributed by atoms with Crippen LogP contribution in [-0.4, -0.2) is 26.0 Å². The normalized spacial score (nSPS) is 13.1. The third-order valence-electron chi connectivity index (χ3n) is 4.35. The highest BCUT2D eigenvalue weighted by Gasteiger charge is 2.21. The summed E-state index contributed by atoms with van der Waals surface area (Å²) in [5, 5.41) is 11.2. The van der Waals surface area contributed by atoms with E-state index in [9.17, 15) is 9.18 Å². The number of nitrogens with zero attached hydrogens (tertiary/aromatic N) is 3. The van der Waals surface area contributed by atoms with Gasteiger partial charge in [-0.05, 0) is 38.5 Å². The van der Waals surface area contributed by atoms with Gasteiger partial charge < -0.3 is 11.2 Å². The van der Waals surface area contributed by atoms with Crippen LogP contribution in [0, 0.1) is 12.7 Å². The van der Waals surface area contributed by atoms with Crippen molar-refractivity contribution < 1.29 is 9.18 Å². The molecule has 2 aromatic carbocycles. The van der Waals surface area contributed by atoms with E-state index in [2.05, 4.69) is 15.5 Å². The van der Waals surface area contributed by atoms with E-state index in [1.807, 2.05) is 38.1 Å². The van der Waals surface area contributed by atoms with E-state index in [-0.39, 0.29) is 17.8 Å². The first-order valence-electron chi connectivity index (χ1n) is 8.85. The molecule has 3 aromatic rings. The molecule has 1 heterocycles. The van der Waals surface area contributed by atoms with Gasteiger partial charge in [-0.2, -0.15) is 0 Å². The predicted molar refractivity (Wildman–Crippen MR) is 109 cm³/mol. The van der Waals surface area contributed by atoms with Crippen molar-refractivity contribution in [3.05, 3.63) is 65.5 Å². The Morgan fingerprint density at radius 1 is 1.11 bits per heavy atom. The molecule has 28 heavy (non-hydrogen) atoms. The predicted octanol–water partition coefficient (Wildman–Crippen LogP) is 3.46. The Morgan fingerprint density at radius 2 is 1.75 bits per heavy atom. The summed E-state index contributed by atoms with van der Waals surface area (Å²) in [6, 6.07) is 13.6. The fourth-order valence-corrected chi connectivity index (χ4v) is 3.41. The molecule has 0 aliphatic carbocycles. The number of amides is 1. The van der Waals surface area contributed by atoms with E-state index >= 15 is 0 Å². The SMILES string of the molecule is Cc1ccc(-c2nnc(SC(C)C(=O)NC(C)c3ccc(F)cc3)n2N)cc1. The maximum atomic E-state index is 13.0. The topological polar surface area (TPSA) is 85.8 Å². The van der Waals surface area contributed by atoms with Gasteiger partial charge in [-0.25, -0.2) is 9.07 Å². The molecule has 0 aliphatic heterocycles. The lowest BCUT2D eigenvalue weighted by atomic mass is 10.1. The van der Waals surface area contributed by atoms with Crippen molar-refractivity contribution in [2.24, 2.45) is 0 Å². The molecule has 146 valence electrons. The van der Waals surface area contributed by atoms with Crippen LogP contribution in [0.4, 0.5) is 4.39 Å². The third kappa shape index (κ3) is 4.51. The Kier molecular flexibility index (Phi) is 5.99. The highest BCUT2D eigenvalue weighted by molar-refractivity contribution is 8.00. The summed E-state index contributed by atoms with van der Waals surface area (Å²) in [4.78, 5) is 12.5. The van der Waals surface area contributed by atoms with Crippen LogP contribution < -0.4 is 11.2 Å². The largest absolute Gasteiger partial charge is 0.349 e. The molecule has 2 atom stereocenters. The van der Waals surface area contributed by atoms with Gasteiger partial charge in [0.2, 0.25) is 11.1 Å². The van der Waals surface area contributed by atoms with Crippen LogP contribution in [-0.2, 0) is 4.79 Å². The number of nitrogen functional groups attached to an aromatic ring is 1. The molecule has 0 spiro atoms. The molecule has 6 nitrogen and oxygen atoms in total. The van der Waals surface area contributed by atoms with Crippen molar-refractivity contribution in [1.82, 2.24) is 20.2 Å². The Hall–Kier alpha value is -2.87. The van der Waals surface area contributed by atoms with Crippen LogP contribution in [0.1, 0.15) is 31.0 Å². The summed E-state index contributed by atoms with van der Waals surface area (Å²) in [7, 11) is 0. The monoisotopic (exact) mass is 399 g/mol. The molecular formula is C20H22FN5OS. The minimum Gasteiger partial charge on any atom is -0.349 e. The second-order valence-corrected chi connectivity index (χ2v) is 7.89. The van der Waals surface area contributed by atoms with Crippen LogP contribution in [0.2, 0.25) is 0 Å². The highest BCUT2D eigenvalue weighted by Crippen LogP contribution is 2.25. The zero-order valence-electron chi connectivity index (χ0n) is 15.9. The van der Waals surface area contributed by atoms with E-state index < -0.39 is 5.25 Å². The Labute approximate surface area is 167 Å². The summed E-state index contributed by atoms with van der Waals surface area (Å²) in [6.07, 6.45) is 0. The Balaban J connectivity index is 1.65. The van der Waals surface area contributed by atoms with Crippen LogP contribution in [0.3, 0.4) is 0 Å². The maximum absolute atomic E-state index is 13.0. The number of aryl methyl sites for hydroxylation is 1. The lowest BCUT2D eigenvalue weighted by Crippen LogP contribution is -2.33. The van der Waals surface area contributed by atoms with Gasteiger partial charge in [-0.1, -0.05) is 53.7 Å². The molecule has 0 bridgehead atoms. The summed E-state index contributed by atoms with van der Waals surface area (Å²) in [5.41, 5.74) is 2.83. The fourth-order valence-electron chi connectivity index (χ4n) is 2.63. The number of carbonyl (C=O) groups is 1. The molecule has 0 saturated carbocycles. The number of halogens is 1. The minimum absolute atomic E-state index is 0.165. The summed E-state index contributed by atoms with van der Waals surface area (Å²) >= 11 is 1.23. The third-order valence-corrected chi connectivity index (χ3v) is 5.41. The number of hydrogen-bond donors (Lipinski definition) is 2. The maximum Gasteiger partial charge on any atom is 0.233 e. The average Bonchev–Trinajstić information content (AvgIpc) is 3.03. The Morgan fingerprint density at radius 3 is 2.39 bits per heavy atom. The van der Waals surface area contributed by atoms with Gasteiger partial charge in [-0.3, -0.25) is 4.79 Å². The molecule has 3 rings (SSSR count). The van der Waals surface area contributed by atoms with Crippen LogP contribution in [0.5, 0.6) is 0 Å². The van der Waals surface area contributed by atoms with Crippen molar-refractivity contribution in [1.29, 1.82) is 0 Å². The molecule has 0 saturated heterocycles. The first kappa shape index (κ1) is 19.9. The minimum atomic E-state index is -0.430. The molecule has 1 aromatic heterocycles. The van der Waals surface area contributed by atoms with E-state index in [0.717, 1.165) is 16.7 Å². The summed E-state index contributed by atoms with van der Waals surface area (Å²) in [5.74, 6) is 6.20. The fraction of sp³-hybridized carbons (Fsp3) is 0.250. The van der Waals surface area contributed by atoms with E-state index in [0.29, 0.717) is 11.0 Å². The Bertz CT molecular complexity index is 956. The van der Waals surface area contributed by atoms with Crippen molar-refractivity contribution in [3.8, 4) is 11.4 Å². The number of carbonyl (C=O) groups excluding carboxylic acids is 1. The first-order valence-corrected chi connectivity index (χ1v) is 9.73. The van der Waals surface area contributed by atoms with Crippen LogP contribution in [0.15, 0.2) is 53.7 Å². The van der Waals surface area contributed by atoms with Crippen molar-refractivity contribution in [3.63, 3.8) is 0 Å². The number of hydrogen-bond acceptors (Lipinski definition) is 5. The first-order chi connectivity index (χ1) is 13.3. The lowest BCUT2D eigenvalue weighted by Gasteiger charge is -2.17. The molecule has 1 amide bonds. The number of benzene rings is 2. The van der Waals surface area contributed by atoms with Gasteiger partial charge in [-0.15, -0.1) is 10.2 Å². The van der Waals surface area contributed by atoms with Gasteiger partial charge in [0.25, 0.3) is 0 Å². The van der Waals surface area contributed by atoms with Gasteiger partial charge in [0, 0.05) is 5.56 Å². The van der Waals surface area contributed by atoms with Crippen molar-refractivity contribution >= 4 is 17.7 Å². The van der Waals surface area contributed by atoms with E-state index in [1.165, 1.54) is 28.6 Å². The molecule has 0 fully saturated rings. The molecule has 0 aliphatic rings. The van der Waals surface area contributed by atoms with E-state index in [1.54, 1.807) is 19.1 Å². The second-order valence-electron chi connectivity index (χ2n) is 6.58.